The Labute approximate surface area is 128 Å². The number of hydrogen-bond donors (Lipinski definition) is 0. The zero-order chi connectivity index (χ0) is 14.8. The average molecular weight is 341 g/mol. The van der Waals surface area contributed by atoms with Crippen molar-refractivity contribution in [1.82, 2.24) is 4.98 Å². The van der Waals surface area contributed by atoms with Crippen LogP contribution in [0.15, 0.2) is 22.9 Å². The van der Waals surface area contributed by atoms with Crippen molar-refractivity contribution in [3.8, 4) is 0 Å². The van der Waals surface area contributed by atoms with Crippen LogP contribution in [0.1, 0.15) is 27.2 Å². The number of hydrogen-bond acceptors (Lipinski definition) is 4. The largest absolute Gasteiger partial charge is 0.466 e. The average Bonchev–Trinajstić information content (AvgIpc) is 2.85. The van der Waals surface area contributed by atoms with Crippen molar-refractivity contribution >= 4 is 27.6 Å². The third kappa shape index (κ3) is 2.82. The van der Waals surface area contributed by atoms with Gasteiger partial charge in [-0.05, 0) is 41.3 Å². The van der Waals surface area contributed by atoms with Crippen molar-refractivity contribution in [2.24, 2.45) is 11.3 Å². The zero-order valence-electron chi connectivity index (χ0n) is 12.2. The molecule has 110 valence electrons. The molecule has 20 heavy (non-hydrogen) atoms. The van der Waals surface area contributed by atoms with E-state index < -0.39 is 5.41 Å². The van der Waals surface area contributed by atoms with E-state index >= 15 is 0 Å². The van der Waals surface area contributed by atoms with Gasteiger partial charge in [0.05, 0.1) is 23.9 Å². The van der Waals surface area contributed by atoms with Crippen molar-refractivity contribution in [1.29, 1.82) is 0 Å². The minimum absolute atomic E-state index is 0.0690. The number of esters is 1. The van der Waals surface area contributed by atoms with Crippen molar-refractivity contribution in [2.75, 3.05) is 24.6 Å². The van der Waals surface area contributed by atoms with Gasteiger partial charge >= 0.3 is 5.97 Å². The highest BCUT2D eigenvalue weighted by Gasteiger charge is 2.48. The molecule has 1 aromatic heterocycles. The van der Waals surface area contributed by atoms with Crippen LogP contribution < -0.4 is 4.90 Å². The van der Waals surface area contributed by atoms with Crippen LogP contribution in [0.2, 0.25) is 0 Å². The highest BCUT2D eigenvalue weighted by atomic mass is 79.9. The number of halogens is 1. The molecule has 5 heteroatoms. The second-order valence-electron chi connectivity index (χ2n) is 5.56. The summed E-state index contributed by atoms with van der Waals surface area (Å²) in [6.45, 7) is 8.04. The highest BCUT2D eigenvalue weighted by Crippen LogP contribution is 2.41. The van der Waals surface area contributed by atoms with Gasteiger partial charge in [0, 0.05) is 23.8 Å². The van der Waals surface area contributed by atoms with Crippen LogP contribution >= 0.6 is 15.9 Å². The summed E-state index contributed by atoms with van der Waals surface area (Å²) in [4.78, 5) is 18.8. The van der Waals surface area contributed by atoms with Crippen molar-refractivity contribution in [2.45, 2.75) is 27.2 Å². The van der Waals surface area contributed by atoms with E-state index in [1.54, 1.807) is 6.20 Å². The molecule has 0 radical (unpaired) electrons. The third-order valence-electron chi connectivity index (χ3n) is 4.14. The predicted molar refractivity (Wildman–Crippen MR) is 82.7 cm³/mol. The summed E-state index contributed by atoms with van der Waals surface area (Å²) in [6, 6.07) is 2.04. The Hall–Kier alpha value is -1.10. The van der Waals surface area contributed by atoms with Crippen LogP contribution in [0.25, 0.3) is 0 Å². The topological polar surface area (TPSA) is 42.4 Å². The van der Waals surface area contributed by atoms with Crippen LogP contribution in [-0.2, 0) is 9.53 Å². The fourth-order valence-electron chi connectivity index (χ4n) is 2.78. The minimum Gasteiger partial charge on any atom is -0.466 e. The second-order valence-corrected chi connectivity index (χ2v) is 6.48. The lowest BCUT2D eigenvalue weighted by atomic mass is 9.76. The second kappa shape index (κ2) is 6.12. The summed E-state index contributed by atoms with van der Waals surface area (Å²) in [5.41, 5.74) is 0.643. The van der Waals surface area contributed by atoms with Crippen LogP contribution in [0.5, 0.6) is 0 Å². The molecule has 1 atom stereocenters. The maximum Gasteiger partial charge on any atom is 0.314 e. The molecule has 1 unspecified atom stereocenters. The van der Waals surface area contributed by atoms with Crippen LogP contribution in [0, 0.1) is 11.3 Å². The number of anilines is 1. The molecule has 1 aliphatic heterocycles. The number of nitrogens with zero attached hydrogens (tertiary/aromatic N) is 2. The van der Waals surface area contributed by atoms with Crippen LogP contribution in [0.3, 0.4) is 0 Å². The number of ether oxygens (including phenoxy) is 1. The van der Waals surface area contributed by atoms with Gasteiger partial charge in [-0.25, -0.2) is 0 Å². The van der Waals surface area contributed by atoms with Gasteiger partial charge in [-0.3, -0.25) is 9.78 Å². The van der Waals surface area contributed by atoms with Crippen molar-refractivity contribution in [3.05, 3.63) is 22.9 Å². The summed E-state index contributed by atoms with van der Waals surface area (Å²) in [6.07, 6.45) is 4.43. The summed E-state index contributed by atoms with van der Waals surface area (Å²) >= 11 is 3.44. The van der Waals surface area contributed by atoms with Gasteiger partial charge in [0.1, 0.15) is 0 Å². The first-order chi connectivity index (χ1) is 9.49. The Kier molecular flexibility index (Phi) is 4.68. The minimum atomic E-state index is -0.404. The fraction of sp³-hybridized carbons (Fsp3) is 0.600. The molecule has 0 aromatic carbocycles. The van der Waals surface area contributed by atoms with E-state index in [0.717, 1.165) is 23.1 Å². The standard InChI is InChI=1S/C15H21BrN2O2/c1-4-20-14(19)15(11(2)3)5-6-18(10-15)13-7-12(16)8-17-9-13/h7-9,11H,4-6,10H2,1-3H3. The first-order valence-electron chi connectivity index (χ1n) is 7.02. The Bertz CT molecular complexity index is 493. The normalized spacial score (nSPS) is 22.4. The number of carbonyl (C=O) groups excluding carboxylic acids is 1. The molecule has 0 spiro atoms. The van der Waals surface area contributed by atoms with Gasteiger partial charge in [-0.1, -0.05) is 13.8 Å². The zero-order valence-corrected chi connectivity index (χ0v) is 13.8. The van der Waals surface area contributed by atoms with Gasteiger partial charge in [0.25, 0.3) is 0 Å². The molecule has 0 saturated carbocycles. The summed E-state index contributed by atoms with van der Waals surface area (Å²) < 4.78 is 6.26. The Morgan fingerprint density at radius 3 is 2.90 bits per heavy atom. The molecule has 0 N–H and O–H groups in total. The number of pyridine rings is 1. The lowest BCUT2D eigenvalue weighted by molar-refractivity contribution is -0.156. The van der Waals surface area contributed by atoms with E-state index in [0.29, 0.717) is 13.2 Å². The molecule has 2 heterocycles. The molecule has 0 aliphatic carbocycles. The lowest BCUT2D eigenvalue weighted by Gasteiger charge is -2.31. The molecule has 0 amide bonds. The van der Waals surface area contributed by atoms with Gasteiger partial charge in [0.2, 0.25) is 0 Å². The van der Waals surface area contributed by atoms with Gasteiger partial charge in [-0.15, -0.1) is 0 Å². The quantitative estimate of drug-likeness (QED) is 0.789. The van der Waals surface area contributed by atoms with E-state index in [1.165, 1.54) is 0 Å². The van der Waals surface area contributed by atoms with E-state index in [-0.39, 0.29) is 11.9 Å². The molecule has 4 nitrogen and oxygen atoms in total. The Balaban J connectivity index is 2.21. The van der Waals surface area contributed by atoms with E-state index in [1.807, 2.05) is 19.2 Å². The first kappa shape index (κ1) is 15.3. The number of aromatic nitrogens is 1. The molecule has 1 saturated heterocycles. The van der Waals surface area contributed by atoms with E-state index in [4.69, 9.17) is 4.74 Å². The van der Waals surface area contributed by atoms with E-state index in [2.05, 4.69) is 39.7 Å². The SMILES string of the molecule is CCOC(=O)C1(C(C)C)CCN(c2cncc(Br)c2)C1. The Morgan fingerprint density at radius 2 is 2.30 bits per heavy atom. The first-order valence-corrected chi connectivity index (χ1v) is 7.81. The molecule has 1 aromatic rings. The van der Waals surface area contributed by atoms with Crippen molar-refractivity contribution < 1.29 is 9.53 Å². The van der Waals surface area contributed by atoms with Crippen LogP contribution in [-0.4, -0.2) is 30.6 Å². The fourth-order valence-corrected chi connectivity index (χ4v) is 3.13. The Morgan fingerprint density at radius 1 is 1.55 bits per heavy atom. The summed E-state index contributed by atoms with van der Waals surface area (Å²) in [5, 5.41) is 0. The highest BCUT2D eigenvalue weighted by molar-refractivity contribution is 9.10. The maximum absolute atomic E-state index is 12.4. The van der Waals surface area contributed by atoms with Gasteiger partial charge < -0.3 is 9.64 Å². The van der Waals surface area contributed by atoms with Gasteiger partial charge in [-0.2, -0.15) is 0 Å². The predicted octanol–water partition coefficient (Wildman–Crippen LogP) is 3.26. The monoisotopic (exact) mass is 340 g/mol. The molecule has 1 aliphatic rings. The van der Waals surface area contributed by atoms with Gasteiger partial charge in [0.15, 0.2) is 0 Å². The molecule has 2 rings (SSSR count). The number of carbonyl (C=O) groups is 1. The molecule has 0 bridgehead atoms. The third-order valence-corrected chi connectivity index (χ3v) is 4.58. The molecular weight excluding hydrogens is 320 g/mol. The summed E-state index contributed by atoms with van der Waals surface area (Å²) in [7, 11) is 0. The van der Waals surface area contributed by atoms with E-state index in [9.17, 15) is 4.79 Å². The summed E-state index contributed by atoms with van der Waals surface area (Å²) in [5.74, 6) is 0.187. The molecular formula is C15H21BrN2O2. The van der Waals surface area contributed by atoms with Crippen molar-refractivity contribution in [3.63, 3.8) is 0 Å². The molecule has 1 fully saturated rings. The lowest BCUT2D eigenvalue weighted by Crippen LogP contribution is -2.40. The maximum atomic E-state index is 12.4. The number of rotatable bonds is 4. The smallest absolute Gasteiger partial charge is 0.314 e. The van der Waals surface area contributed by atoms with Crippen LogP contribution in [0.4, 0.5) is 5.69 Å².